The molecule has 1 fully saturated rings. The summed E-state index contributed by atoms with van der Waals surface area (Å²) < 4.78 is 1.34. The molecule has 8 N–H and O–H groups in total. The van der Waals surface area contributed by atoms with Gasteiger partial charge in [-0.25, -0.2) is 4.98 Å². The van der Waals surface area contributed by atoms with E-state index in [1.165, 1.54) is 30.0 Å². The summed E-state index contributed by atoms with van der Waals surface area (Å²) in [5.41, 5.74) is 14.3. The Morgan fingerprint density at radius 2 is 1.74 bits per heavy atom. The number of anilines is 2. The maximum atomic E-state index is 13.5. The lowest BCUT2D eigenvalue weighted by Crippen LogP contribution is -2.39. The first-order chi connectivity index (χ1) is 20.5. The second-order valence-corrected chi connectivity index (χ2v) is 11.6. The van der Waals surface area contributed by atoms with E-state index in [0.29, 0.717) is 34.0 Å². The first-order valence-electron chi connectivity index (χ1n) is 14.8. The molecule has 2 aromatic carbocycles. The van der Waals surface area contributed by atoms with Crippen molar-refractivity contribution in [3.05, 3.63) is 75.7 Å². The van der Waals surface area contributed by atoms with Crippen LogP contribution in [0.3, 0.4) is 0 Å². The molecule has 1 aromatic heterocycles. The normalized spacial score (nSPS) is 14.2. The van der Waals surface area contributed by atoms with Gasteiger partial charge in [-0.1, -0.05) is 43.5 Å². The molecule has 0 bridgehead atoms. The van der Waals surface area contributed by atoms with Crippen LogP contribution in [0.1, 0.15) is 74.4 Å². The van der Waals surface area contributed by atoms with Gasteiger partial charge in [-0.05, 0) is 63.3 Å². The van der Waals surface area contributed by atoms with Crippen molar-refractivity contribution in [3.8, 4) is 11.3 Å². The van der Waals surface area contributed by atoms with Crippen molar-refractivity contribution in [1.29, 1.82) is 5.41 Å². The van der Waals surface area contributed by atoms with Gasteiger partial charge in [0, 0.05) is 41.0 Å². The van der Waals surface area contributed by atoms with E-state index in [9.17, 15) is 14.4 Å². The lowest BCUT2D eigenvalue weighted by Gasteiger charge is -2.28. The maximum absolute atomic E-state index is 13.5. The van der Waals surface area contributed by atoms with Gasteiger partial charge < -0.3 is 27.4 Å². The van der Waals surface area contributed by atoms with Crippen LogP contribution in [-0.4, -0.2) is 39.3 Å². The van der Waals surface area contributed by atoms with E-state index in [-0.39, 0.29) is 48.6 Å². The summed E-state index contributed by atoms with van der Waals surface area (Å²) in [4.78, 5) is 44.3. The van der Waals surface area contributed by atoms with Crippen molar-refractivity contribution in [3.63, 3.8) is 0 Å². The summed E-state index contributed by atoms with van der Waals surface area (Å²) in [6.07, 6.45) is 7.32. The van der Waals surface area contributed by atoms with E-state index in [1.807, 2.05) is 20.8 Å². The van der Waals surface area contributed by atoms with Crippen LogP contribution in [0.25, 0.3) is 11.3 Å². The van der Waals surface area contributed by atoms with Crippen molar-refractivity contribution in [2.75, 3.05) is 11.1 Å². The number of carbonyl (C=O) groups excluding carboxylic acids is 2. The van der Waals surface area contributed by atoms with Crippen LogP contribution in [-0.2, 0) is 17.9 Å². The van der Waals surface area contributed by atoms with Crippen LogP contribution in [0.4, 0.5) is 11.5 Å². The van der Waals surface area contributed by atoms with E-state index < -0.39 is 5.56 Å². The Balaban J connectivity index is 1.59. The van der Waals surface area contributed by atoms with Crippen LogP contribution in [0, 0.1) is 11.3 Å². The molecule has 1 atom stereocenters. The molecule has 0 spiro atoms. The molecule has 43 heavy (non-hydrogen) atoms. The molecule has 3 aromatic rings. The number of amides is 2. The highest BCUT2D eigenvalue weighted by Gasteiger charge is 2.23. The van der Waals surface area contributed by atoms with Crippen LogP contribution in [0.15, 0.2) is 53.5 Å². The van der Waals surface area contributed by atoms with Gasteiger partial charge >= 0.3 is 0 Å². The molecule has 0 aliphatic heterocycles. The largest absolute Gasteiger partial charge is 0.399 e. The number of amidine groups is 1. The van der Waals surface area contributed by atoms with Crippen molar-refractivity contribution in [1.82, 2.24) is 20.2 Å². The Hall–Kier alpha value is -4.67. The molecule has 1 aliphatic rings. The smallest absolute Gasteiger partial charge is 0.294 e. The average molecular weight is 587 g/mol. The Labute approximate surface area is 252 Å². The van der Waals surface area contributed by atoms with Crippen molar-refractivity contribution in [2.45, 2.75) is 78.0 Å². The van der Waals surface area contributed by atoms with Gasteiger partial charge in [-0.2, -0.15) is 0 Å². The van der Waals surface area contributed by atoms with Crippen LogP contribution in [0.2, 0.25) is 0 Å². The second kappa shape index (κ2) is 14.0. The summed E-state index contributed by atoms with van der Waals surface area (Å²) in [7, 11) is 0. The molecular formula is C32H42N8O3. The van der Waals surface area contributed by atoms with Crippen LogP contribution >= 0.6 is 0 Å². The molecule has 1 saturated carbocycles. The standard InChI is InChI=1S/C32H42N8O3/c1-19(2)38-30-32(43)40(18-28(41)36-16-21-9-11-23(12-10-21)29(34)35)27(17-37-30)24-13-25(15-26(33)14-24)31(42)39-20(3)22-7-5-4-6-8-22/h9-15,17,19-20,22H,4-8,16,18,33H2,1-3H3,(H3,34,35)(H,36,41)(H,37,38)(H,39,42)/t20-/m1/s1. The van der Waals surface area contributed by atoms with E-state index in [2.05, 4.69) is 20.9 Å². The average Bonchev–Trinajstić information content (AvgIpc) is 2.98. The van der Waals surface area contributed by atoms with E-state index in [4.69, 9.17) is 16.9 Å². The number of carbonyl (C=O) groups is 2. The SMILES string of the molecule is CC(C)Nc1ncc(-c2cc(N)cc(C(=O)N[C@H](C)C3CCCCC3)c2)n(CC(=O)NCc2ccc(C(=N)N)cc2)c1=O. The molecule has 0 radical (unpaired) electrons. The Bertz CT molecular complexity index is 1520. The van der Waals surface area contributed by atoms with Crippen LogP contribution < -0.4 is 33.0 Å². The fraction of sp³-hybridized carbons (Fsp3) is 0.406. The van der Waals surface area contributed by atoms with Gasteiger partial charge in [0.2, 0.25) is 5.91 Å². The lowest BCUT2D eigenvalue weighted by atomic mass is 9.84. The van der Waals surface area contributed by atoms with Crippen molar-refractivity contribution in [2.24, 2.45) is 11.7 Å². The van der Waals surface area contributed by atoms with Crippen LogP contribution in [0.5, 0.6) is 0 Å². The summed E-state index contributed by atoms with van der Waals surface area (Å²) in [6, 6.07) is 11.9. The molecule has 1 aliphatic carbocycles. The molecule has 0 saturated heterocycles. The highest BCUT2D eigenvalue weighted by molar-refractivity contribution is 5.97. The number of nitrogen functional groups attached to an aromatic ring is 2. The van der Waals surface area contributed by atoms with Gasteiger partial charge in [0.25, 0.3) is 11.5 Å². The maximum Gasteiger partial charge on any atom is 0.294 e. The number of nitrogens with one attached hydrogen (secondary N) is 4. The summed E-state index contributed by atoms with van der Waals surface area (Å²) >= 11 is 0. The summed E-state index contributed by atoms with van der Waals surface area (Å²) in [5.74, 6) is -0.0929. The number of aromatic nitrogens is 2. The molecule has 11 heteroatoms. The molecule has 1 heterocycles. The molecule has 228 valence electrons. The zero-order chi connectivity index (χ0) is 31.1. The third-order valence-electron chi connectivity index (χ3n) is 7.77. The van der Waals surface area contributed by atoms with Gasteiger partial charge in [-0.15, -0.1) is 0 Å². The predicted molar refractivity (Wildman–Crippen MR) is 170 cm³/mol. The van der Waals surface area contributed by atoms with Gasteiger partial charge in [-0.3, -0.25) is 24.4 Å². The zero-order valence-corrected chi connectivity index (χ0v) is 25.1. The third kappa shape index (κ3) is 8.21. The molecule has 4 rings (SSSR count). The fourth-order valence-corrected chi connectivity index (χ4v) is 5.42. The zero-order valence-electron chi connectivity index (χ0n) is 25.1. The minimum absolute atomic E-state index is 0.0290. The minimum atomic E-state index is -0.466. The number of nitrogens with two attached hydrogens (primary N) is 2. The molecule has 0 unspecified atom stereocenters. The molecule has 2 amide bonds. The summed E-state index contributed by atoms with van der Waals surface area (Å²) in [5, 5.41) is 16.5. The van der Waals surface area contributed by atoms with Gasteiger partial charge in [0.05, 0.1) is 11.9 Å². The lowest BCUT2D eigenvalue weighted by molar-refractivity contribution is -0.121. The number of benzene rings is 2. The number of hydrogen-bond donors (Lipinski definition) is 6. The first-order valence-corrected chi connectivity index (χ1v) is 14.8. The number of rotatable bonds is 11. The van der Waals surface area contributed by atoms with Crippen molar-refractivity contribution >= 4 is 29.2 Å². The molecular weight excluding hydrogens is 544 g/mol. The quantitative estimate of drug-likeness (QED) is 0.113. The van der Waals surface area contributed by atoms with E-state index >= 15 is 0 Å². The summed E-state index contributed by atoms with van der Waals surface area (Å²) in [6.45, 7) is 5.77. The minimum Gasteiger partial charge on any atom is -0.399 e. The van der Waals surface area contributed by atoms with Crippen molar-refractivity contribution < 1.29 is 9.59 Å². The Morgan fingerprint density at radius 1 is 1.05 bits per heavy atom. The Morgan fingerprint density at radius 3 is 2.40 bits per heavy atom. The number of hydrogen-bond acceptors (Lipinski definition) is 7. The highest BCUT2D eigenvalue weighted by atomic mass is 16.2. The first kappa shape index (κ1) is 31.3. The fourth-order valence-electron chi connectivity index (χ4n) is 5.42. The predicted octanol–water partition coefficient (Wildman–Crippen LogP) is 3.61. The monoisotopic (exact) mass is 586 g/mol. The molecule has 11 nitrogen and oxygen atoms in total. The number of nitrogens with zero attached hydrogens (tertiary/aromatic N) is 2. The third-order valence-corrected chi connectivity index (χ3v) is 7.77. The van der Waals surface area contributed by atoms with Gasteiger partial charge in [0.1, 0.15) is 12.4 Å². The second-order valence-electron chi connectivity index (χ2n) is 11.6. The topological polar surface area (TPSA) is 181 Å². The van der Waals surface area contributed by atoms with E-state index in [1.54, 1.807) is 42.5 Å². The van der Waals surface area contributed by atoms with E-state index in [0.717, 1.165) is 18.4 Å². The highest BCUT2D eigenvalue weighted by Crippen LogP contribution is 2.27. The van der Waals surface area contributed by atoms with Gasteiger partial charge in [0.15, 0.2) is 5.82 Å². The Kier molecular flexibility index (Phi) is 10.2.